The number of hydrogen-bond acceptors (Lipinski definition) is 1. The highest BCUT2D eigenvalue weighted by atomic mass is 16.5. The molecule has 2 nitrogen and oxygen atoms in total. The van der Waals surface area contributed by atoms with Gasteiger partial charge in [0.2, 0.25) is 5.69 Å². The normalized spacial score (nSPS) is 12.5. The zero-order valence-corrected chi connectivity index (χ0v) is 18.2. The lowest BCUT2D eigenvalue weighted by Crippen LogP contribution is -2.32. The maximum absolute atomic E-state index is 6.67. The molecular formula is C27H28NO+. The Morgan fingerprint density at radius 1 is 0.966 bits per heavy atom. The van der Waals surface area contributed by atoms with E-state index in [-0.39, 0.29) is 0 Å². The summed E-state index contributed by atoms with van der Waals surface area (Å²) >= 11 is 0. The molecule has 0 aliphatic carbocycles. The summed E-state index contributed by atoms with van der Waals surface area (Å²) in [6, 6.07) is 13.4. The van der Waals surface area contributed by atoms with E-state index in [1.165, 1.54) is 55.1 Å². The lowest BCUT2D eigenvalue weighted by Gasteiger charge is -2.25. The van der Waals surface area contributed by atoms with Crippen molar-refractivity contribution in [3.05, 3.63) is 64.8 Å². The molecule has 29 heavy (non-hydrogen) atoms. The van der Waals surface area contributed by atoms with Gasteiger partial charge >= 0.3 is 0 Å². The van der Waals surface area contributed by atoms with E-state index in [1.807, 2.05) is 0 Å². The topological polar surface area (TPSA) is 13.1 Å². The number of aromatic nitrogens is 1. The Bertz CT molecular complexity index is 1310. The van der Waals surface area contributed by atoms with Crippen molar-refractivity contribution >= 4 is 21.5 Å². The number of benzene rings is 3. The summed E-state index contributed by atoms with van der Waals surface area (Å²) < 4.78 is 8.93. The largest absolute Gasteiger partial charge is 0.455 e. The lowest BCUT2D eigenvalue weighted by molar-refractivity contribution is -0.659. The van der Waals surface area contributed by atoms with Crippen LogP contribution in [0, 0.1) is 26.7 Å². The summed E-state index contributed by atoms with van der Waals surface area (Å²) in [5, 5.41) is 5.13. The van der Waals surface area contributed by atoms with Gasteiger partial charge in [-0.2, -0.15) is 0 Å². The molecule has 2 heteroatoms. The van der Waals surface area contributed by atoms with Gasteiger partial charge in [0.1, 0.15) is 18.5 Å². The number of rotatable bonds is 2. The molecule has 0 unspecified atom stereocenters. The first-order chi connectivity index (χ1) is 13.9. The second-order valence-electron chi connectivity index (χ2n) is 8.99. The van der Waals surface area contributed by atoms with E-state index in [0.717, 1.165) is 17.9 Å². The van der Waals surface area contributed by atoms with Gasteiger partial charge in [-0.25, -0.2) is 4.57 Å². The molecule has 3 aromatic carbocycles. The second-order valence-corrected chi connectivity index (χ2v) is 8.99. The van der Waals surface area contributed by atoms with Crippen molar-refractivity contribution < 1.29 is 9.30 Å². The number of nitrogens with zero attached hydrogens (tertiary/aromatic N) is 1. The molecule has 0 fully saturated rings. The molecule has 1 aromatic heterocycles. The predicted molar refractivity (Wildman–Crippen MR) is 121 cm³/mol. The van der Waals surface area contributed by atoms with Crippen LogP contribution in [0.25, 0.3) is 32.8 Å². The van der Waals surface area contributed by atoms with Crippen molar-refractivity contribution in [2.24, 2.45) is 13.0 Å². The van der Waals surface area contributed by atoms with Crippen LogP contribution in [-0.4, -0.2) is 0 Å². The zero-order chi connectivity index (χ0) is 20.4. The Balaban J connectivity index is 1.93. The third kappa shape index (κ3) is 2.58. The van der Waals surface area contributed by atoms with E-state index in [9.17, 15) is 0 Å². The maximum Gasteiger partial charge on any atom is 0.228 e. The van der Waals surface area contributed by atoms with Crippen LogP contribution in [0.3, 0.4) is 0 Å². The van der Waals surface area contributed by atoms with Gasteiger partial charge in [0.25, 0.3) is 0 Å². The zero-order valence-electron chi connectivity index (χ0n) is 18.2. The second kappa shape index (κ2) is 6.32. The van der Waals surface area contributed by atoms with Crippen LogP contribution in [0.15, 0.2) is 42.6 Å². The Morgan fingerprint density at radius 3 is 2.52 bits per heavy atom. The fraction of sp³-hybridized carbons (Fsp3) is 0.296. The number of fused-ring (bicyclic) bond motifs is 3. The average Bonchev–Trinajstić information content (AvgIpc) is 2.67. The molecule has 2 heterocycles. The summed E-state index contributed by atoms with van der Waals surface area (Å²) in [6.45, 7) is 11.2. The van der Waals surface area contributed by atoms with E-state index >= 15 is 0 Å². The van der Waals surface area contributed by atoms with Gasteiger partial charge < -0.3 is 4.74 Å². The fourth-order valence-corrected chi connectivity index (χ4v) is 5.10. The van der Waals surface area contributed by atoms with E-state index < -0.39 is 0 Å². The fourth-order valence-electron chi connectivity index (χ4n) is 5.10. The quantitative estimate of drug-likeness (QED) is 0.309. The first-order valence-electron chi connectivity index (χ1n) is 10.5. The minimum absolute atomic E-state index is 0.616. The molecule has 0 atom stereocenters. The van der Waals surface area contributed by atoms with Crippen LogP contribution in [-0.2, 0) is 13.5 Å². The highest BCUT2D eigenvalue weighted by molar-refractivity contribution is 6.07. The van der Waals surface area contributed by atoms with E-state index in [2.05, 4.69) is 88.8 Å². The van der Waals surface area contributed by atoms with E-state index in [4.69, 9.17) is 4.74 Å². The van der Waals surface area contributed by atoms with Gasteiger partial charge in [-0.15, -0.1) is 0 Å². The third-order valence-corrected chi connectivity index (χ3v) is 6.35. The minimum Gasteiger partial charge on any atom is -0.455 e. The summed E-state index contributed by atoms with van der Waals surface area (Å²) in [6.07, 6.45) is 3.25. The Labute approximate surface area is 172 Å². The van der Waals surface area contributed by atoms with Crippen molar-refractivity contribution in [3.8, 4) is 22.8 Å². The highest BCUT2D eigenvalue weighted by Gasteiger charge is 2.32. The molecule has 0 amide bonds. The SMILES string of the molecule is Cc1c2c(c(C)c3c(C)cccc13)-c1c3c(cc(CC(C)C)cc3cc[n+]1C)O2. The summed E-state index contributed by atoms with van der Waals surface area (Å²) in [7, 11) is 2.15. The molecule has 1 aliphatic heterocycles. The summed E-state index contributed by atoms with van der Waals surface area (Å²) in [4.78, 5) is 0. The molecule has 0 saturated carbocycles. The van der Waals surface area contributed by atoms with E-state index in [1.54, 1.807) is 0 Å². The van der Waals surface area contributed by atoms with Gasteiger partial charge in [0.15, 0.2) is 6.20 Å². The highest BCUT2D eigenvalue weighted by Crippen LogP contribution is 2.50. The van der Waals surface area contributed by atoms with Crippen LogP contribution in [0.1, 0.15) is 36.1 Å². The van der Waals surface area contributed by atoms with Crippen molar-refractivity contribution in [2.45, 2.75) is 41.0 Å². The van der Waals surface area contributed by atoms with Crippen LogP contribution in [0.4, 0.5) is 0 Å². The molecular weight excluding hydrogens is 354 g/mol. The molecule has 1 aliphatic rings. The molecule has 0 N–H and O–H groups in total. The van der Waals surface area contributed by atoms with Crippen LogP contribution >= 0.6 is 0 Å². The standard InChI is InChI=1S/C27H28NO/c1-15(2)12-19-13-20-10-11-28(6)26-24-18(5)23-16(3)8-7-9-21(23)17(4)27(24)29-22(14-19)25(20)26/h7-11,13-15H,12H2,1-6H3/q+1. The first-order valence-corrected chi connectivity index (χ1v) is 10.5. The van der Waals surface area contributed by atoms with Gasteiger partial charge in [-0.3, -0.25) is 0 Å². The van der Waals surface area contributed by atoms with Crippen molar-refractivity contribution in [3.63, 3.8) is 0 Å². The number of ether oxygens (including phenoxy) is 1. The van der Waals surface area contributed by atoms with Gasteiger partial charge in [-0.1, -0.05) is 38.1 Å². The molecule has 0 saturated heterocycles. The molecule has 0 radical (unpaired) electrons. The predicted octanol–water partition coefficient (Wildman–Crippen LogP) is 6.71. The molecule has 4 aromatic rings. The molecule has 146 valence electrons. The average molecular weight is 383 g/mol. The minimum atomic E-state index is 0.616. The van der Waals surface area contributed by atoms with Crippen LogP contribution in [0.5, 0.6) is 11.5 Å². The first kappa shape index (κ1) is 18.2. The molecule has 5 rings (SSSR count). The maximum atomic E-state index is 6.67. The monoisotopic (exact) mass is 382 g/mol. The Kier molecular flexibility index (Phi) is 3.96. The molecule has 0 bridgehead atoms. The summed E-state index contributed by atoms with van der Waals surface area (Å²) in [5.41, 5.74) is 7.69. The third-order valence-electron chi connectivity index (χ3n) is 6.35. The van der Waals surface area contributed by atoms with Crippen LogP contribution in [0.2, 0.25) is 0 Å². The van der Waals surface area contributed by atoms with Crippen LogP contribution < -0.4 is 9.30 Å². The number of aryl methyl sites for hydroxylation is 4. The van der Waals surface area contributed by atoms with Crippen molar-refractivity contribution in [1.82, 2.24) is 0 Å². The molecule has 0 spiro atoms. The number of hydrogen-bond donors (Lipinski definition) is 0. The Morgan fingerprint density at radius 2 is 1.76 bits per heavy atom. The Hall–Kier alpha value is -2.87. The van der Waals surface area contributed by atoms with Crippen molar-refractivity contribution in [2.75, 3.05) is 0 Å². The van der Waals surface area contributed by atoms with E-state index in [0.29, 0.717) is 5.92 Å². The van der Waals surface area contributed by atoms with Crippen molar-refractivity contribution in [1.29, 1.82) is 0 Å². The van der Waals surface area contributed by atoms with Gasteiger partial charge in [-0.05, 0) is 72.0 Å². The number of pyridine rings is 1. The smallest absolute Gasteiger partial charge is 0.228 e. The van der Waals surface area contributed by atoms with Gasteiger partial charge in [0, 0.05) is 11.6 Å². The lowest BCUT2D eigenvalue weighted by atomic mass is 9.87. The summed E-state index contributed by atoms with van der Waals surface area (Å²) in [5.74, 6) is 2.62. The van der Waals surface area contributed by atoms with Gasteiger partial charge in [0.05, 0.1) is 10.9 Å².